The fourth-order valence-electron chi connectivity index (χ4n) is 6.91. The van der Waals surface area contributed by atoms with E-state index in [0.29, 0.717) is 17.8 Å². The van der Waals surface area contributed by atoms with Crippen LogP contribution in [0.3, 0.4) is 0 Å². The van der Waals surface area contributed by atoms with Crippen molar-refractivity contribution in [1.29, 1.82) is 0 Å². The summed E-state index contributed by atoms with van der Waals surface area (Å²) in [6.45, 7) is 2.45. The molecule has 6 atom stereocenters. The highest BCUT2D eigenvalue weighted by Gasteiger charge is 2.54. The van der Waals surface area contributed by atoms with Crippen LogP contribution >= 0.6 is 11.6 Å². The molecule has 2 fully saturated rings. The Morgan fingerprint density at radius 1 is 1.16 bits per heavy atom. The molecule has 5 rings (SSSR count). The van der Waals surface area contributed by atoms with Crippen molar-refractivity contribution >= 4 is 23.0 Å². The lowest BCUT2D eigenvalue weighted by atomic mass is 9.49. The van der Waals surface area contributed by atoms with E-state index in [9.17, 15) is 10.1 Å². The lowest BCUT2D eigenvalue weighted by Crippen LogP contribution is -2.55. The van der Waals surface area contributed by atoms with Crippen molar-refractivity contribution in [3.05, 3.63) is 63.7 Å². The van der Waals surface area contributed by atoms with Gasteiger partial charge in [-0.25, -0.2) is 0 Å². The zero-order valence-corrected chi connectivity index (χ0v) is 19.5. The number of anilines is 1. The zero-order chi connectivity index (χ0) is 22.5. The van der Waals surface area contributed by atoms with Crippen molar-refractivity contribution in [2.75, 3.05) is 12.4 Å². The summed E-state index contributed by atoms with van der Waals surface area (Å²) in [4.78, 5) is 10.6. The molecule has 0 aromatic heterocycles. The van der Waals surface area contributed by atoms with E-state index in [2.05, 4.69) is 30.4 Å². The lowest BCUT2D eigenvalue weighted by Gasteiger charge is -2.58. The molecule has 0 radical (unpaired) electrons. The van der Waals surface area contributed by atoms with Crippen LogP contribution in [-0.4, -0.2) is 23.5 Å². The summed E-state index contributed by atoms with van der Waals surface area (Å²) < 4.78 is 5.46. The number of hydrogen-bond donors (Lipinski definition) is 1. The maximum Gasteiger partial charge on any atom is 0.269 e. The molecule has 5 nitrogen and oxygen atoms in total. The number of nitrogens with zero attached hydrogens (tertiary/aromatic N) is 1. The number of alkyl halides is 1. The van der Waals surface area contributed by atoms with Gasteiger partial charge in [-0.2, -0.15) is 0 Å². The highest BCUT2D eigenvalue weighted by molar-refractivity contribution is 6.20. The minimum absolute atomic E-state index is 0.122. The Bertz CT molecular complexity index is 1010. The van der Waals surface area contributed by atoms with Gasteiger partial charge in [0.2, 0.25) is 0 Å². The third-order valence-electron chi connectivity index (χ3n) is 8.59. The van der Waals surface area contributed by atoms with Crippen molar-refractivity contribution in [3.8, 4) is 5.75 Å². The predicted octanol–water partition coefficient (Wildman–Crippen LogP) is 6.55. The van der Waals surface area contributed by atoms with Gasteiger partial charge in [0.1, 0.15) is 5.75 Å². The van der Waals surface area contributed by atoms with Crippen molar-refractivity contribution in [2.45, 2.75) is 62.8 Å². The van der Waals surface area contributed by atoms with Gasteiger partial charge in [0.05, 0.1) is 12.0 Å². The maximum atomic E-state index is 11.0. The second-order valence-corrected chi connectivity index (χ2v) is 10.7. The molecule has 0 amide bonds. The standard InChI is InChI=1S/C26H31ClN2O3/c1-26-12-11-22-21-10-8-20(32-2)13-16(21)3-9-23(22)24(26)14-17(27)15-25(26)28-18-4-6-19(7-5-18)29(30)31/h4-8,10,13,17,22-25,28H,3,9,11-12,14-15H2,1-2H3/t17-,22+,23+,24-,25-,26-/m0/s1. The van der Waals surface area contributed by atoms with Crippen molar-refractivity contribution in [3.63, 3.8) is 0 Å². The predicted molar refractivity (Wildman–Crippen MR) is 128 cm³/mol. The molecule has 6 heteroatoms. The van der Waals surface area contributed by atoms with Crippen LogP contribution in [0.1, 0.15) is 56.1 Å². The van der Waals surface area contributed by atoms with Gasteiger partial charge in [-0.05, 0) is 97.1 Å². The molecular weight excluding hydrogens is 424 g/mol. The van der Waals surface area contributed by atoms with Gasteiger partial charge in [-0.3, -0.25) is 10.1 Å². The second kappa shape index (κ2) is 8.26. The number of hydrogen-bond acceptors (Lipinski definition) is 4. The number of halogens is 1. The monoisotopic (exact) mass is 454 g/mol. The van der Waals surface area contributed by atoms with Crippen LogP contribution in [0.4, 0.5) is 11.4 Å². The smallest absolute Gasteiger partial charge is 0.269 e. The van der Waals surface area contributed by atoms with E-state index in [1.807, 2.05) is 12.1 Å². The average Bonchev–Trinajstić information content (AvgIpc) is 2.79. The average molecular weight is 455 g/mol. The largest absolute Gasteiger partial charge is 0.497 e. The molecule has 170 valence electrons. The quantitative estimate of drug-likeness (QED) is 0.323. The van der Waals surface area contributed by atoms with E-state index in [4.69, 9.17) is 16.3 Å². The van der Waals surface area contributed by atoms with Crippen LogP contribution in [-0.2, 0) is 6.42 Å². The Kier molecular flexibility index (Phi) is 5.56. The minimum atomic E-state index is -0.353. The number of methoxy groups -OCH3 is 1. The van der Waals surface area contributed by atoms with Crippen molar-refractivity contribution < 1.29 is 9.66 Å². The van der Waals surface area contributed by atoms with Gasteiger partial charge in [0, 0.05) is 29.2 Å². The number of benzene rings is 2. The summed E-state index contributed by atoms with van der Waals surface area (Å²) in [5, 5.41) is 14.9. The third kappa shape index (κ3) is 3.64. The topological polar surface area (TPSA) is 64.4 Å². The molecule has 2 aromatic rings. The van der Waals surface area contributed by atoms with Crippen LogP contribution < -0.4 is 10.1 Å². The van der Waals surface area contributed by atoms with Crippen molar-refractivity contribution in [1.82, 2.24) is 0 Å². The molecule has 2 saturated carbocycles. The number of nitrogens with one attached hydrogen (secondary N) is 1. The number of non-ortho nitro benzene ring substituents is 1. The number of aryl methyl sites for hydroxylation is 1. The highest BCUT2D eigenvalue weighted by Crippen LogP contribution is 2.60. The van der Waals surface area contributed by atoms with Crippen LogP contribution in [0.25, 0.3) is 0 Å². The summed E-state index contributed by atoms with van der Waals surface area (Å²) >= 11 is 6.85. The molecule has 0 bridgehead atoms. The Labute approximate surface area is 194 Å². The molecule has 32 heavy (non-hydrogen) atoms. The second-order valence-electron chi connectivity index (χ2n) is 10.1. The molecule has 0 saturated heterocycles. The summed E-state index contributed by atoms with van der Waals surface area (Å²) in [6.07, 6.45) is 6.67. The Morgan fingerprint density at radius 2 is 1.94 bits per heavy atom. The SMILES string of the molecule is COc1ccc2c(c1)CC[C@@H]1[C@@H]2CC[C@]2(C)[C@@H](Nc3ccc([N+](=O)[O-])cc3)C[C@@H](Cl)C[C@@H]12. The number of fused-ring (bicyclic) bond motifs is 5. The lowest BCUT2D eigenvalue weighted by molar-refractivity contribution is -0.384. The molecular formula is C26H31ClN2O3. The van der Waals surface area contributed by atoms with Gasteiger partial charge < -0.3 is 10.1 Å². The fraction of sp³-hybridized carbons (Fsp3) is 0.538. The van der Waals surface area contributed by atoms with Crippen LogP contribution in [0.15, 0.2) is 42.5 Å². The molecule has 2 aromatic carbocycles. The number of nitro benzene ring substituents is 1. The van der Waals surface area contributed by atoms with E-state index < -0.39 is 0 Å². The van der Waals surface area contributed by atoms with Gasteiger partial charge in [0.15, 0.2) is 0 Å². The number of ether oxygens (including phenoxy) is 1. The molecule has 0 aliphatic heterocycles. The molecule has 3 aliphatic carbocycles. The van der Waals surface area contributed by atoms with Crippen LogP contribution in [0.5, 0.6) is 5.75 Å². The van der Waals surface area contributed by atoms with E-state index in [-0.39, 0.29) is 27.4 Å². The summed E-state index contributed by atoms with van der Waals surface area (Å²) in [7, 11) is 1.74. The summed E-state index contributed by atoms with van der Waals surface area (Å²) in [5.74, 6) is 2.78. The molecule has 1 N–H and O–H groups in total. The summed E-state index contributed by atoms with van der Waals surface area (Å²) in [6, 6.07) is 13.7. The third-order valence-corrected chi connectivity index (χ3v) is 8.94. The van der Waals surface area contributed by atoms with Crippen LogP contribution in [0, 0.1) is 27.4 Å². The first-order chi connectivity index (χ1) is 15.4. The molecule has 0 unspecified atom stereocenters. The Hall–Kier alpha value is -2.27. The van der Waals surface area contributed by atoms with Gasteiger partial charge >= 0.3 is 0 Å². The maximum absolute atomic E-state index is 11.0. The first-order valence-corrected chi connectivity index (χ1v) is 12.1. The fourth-order valence-corrected chi connectivity index (χ4v) is 7.28. The van der Waals surface area contributed by atoms with Gasteiger partial charge in [-0.15, -0.1) is 11.6 Å². The number of nitro groups is 1. The summed E-state index contributed by atoms with van der Waals surface area (Å²) in [5.41, 5.74) is 4.19. The van der Waals surface area contributed by atoms with E-state index in [1.165, 1.54) is 30.4 Å². The van der Waals surface area contributed by atoms with Crippen molar-refractivity contribution in [2.24, 2.45) is 17.3 Å². The van der Waals surface area contributed by atoms with Gasteiger partial charge in [-0.1, -0.05) is 13.0 Å². The highest BCUT2D eigenvalue weighted by atomic mass is 35.5. The first-order valence-electron chi connectivity index (χ1n) is 11.7. The van der Waals surface area contributed by atoms with E-state index >= 15 is 0 Å². The van der Waals surface area contributed by atoms with Gasteiger partial charge in [0.25, 0.3) is 5.69 Å². The van der Waals surface area contributed by atoms with E-state index in [0.717, 1.165) is 30.7 Å². The Balaban J connectivity index is 1.40. The normalized spacial score (nSPS) is 33.4. The Morgan fingerprint density at radius 3 is 2.66 bits per heavy atom. The zero-order valence-electron chi connectivity index (χ0n) is 18.7. The molecule has 3 aliphatic rings. The first kappa shape index (κ1) is 21.6. The molecule has 0 heterocycles. The minimum Gasteiger partial charge on any atom is -0.497 e. The number of rotatable bonds is 4. The molecule has 0 spiro atoms. The van der Waals surface area contributed by atoms with Crippen LogP contribution in [0.2, 0.25) is 0 Å². The van der Waals surface area contributed by atoms with E-state index in [1.54, 1.807) is 19.2 Å².